The smallest absolute Gasteiger partial charge is 0.320 e. The molecule has 9 heteroatoms. The summed E-state index contributed by atoms with van der Waals surface area (Å²) in [5.74, 6) is -1.33. The Balaban J connectivity index is 2.04. The van der Waals surface area contributed by atoms with Crippen LogP contribution in [0.4, 0.5) is 9.80 Å². The molecule has 1 fully saturated rings. The number of aliphatic carboxylic acids is 1. The summed E-state index contributed by atoms with van der Waals surface area (Å²) >= 11 is 1.22. The van der Waals surface area contributed by atoms with E-state index in [2.05, 4.69) is 11.4 Å². The maximum atomic E-state index is 11.8. The maximum absolute atomic E-state index is 11.8. The Hall–Kier alpha value is -3.17. The molecule has 32 heavy (non-hydrogen) atoms. The minimum atomic E-state index is -1.02. The molecule has 0 aliphatic heterocycles. The lowest BCUT2D eigenvalue weighted by Gasteiger charge is -2.18. The summed E-state index contributed by atoms with van der Waals surface area (Å²) < 4.78 is 0. The van der Waals surface area contributed by atoms with E-state index in [1.807, 2.05) is 25.1 Å². The van der Waals surface area contributed by atoms with Crippen LogP contribution in [0, 0.1) is 12.8 Å². The zero-order valence-corrected chi connectivity index (χ0v) is 18.7. The van der Waals surface area contributed by atoms with Crippen molar-refractivity contribution in [3.05, 3.63) is 47.0 Å². The summed E-state index contributed by atoms with van der Waals surface area (Å²) in [6, 6.07) is 6.01. The van der Waals surface area contributed by atoms with Crippen LogP contribution < -0.4 is 22.5 Å². The Labute approximate surface area is 190 Å². The third-order valence-corrected chi connectivity index (χ3v) is 6.73. The first-order chi connectivity index (χ1) is 15.2. The lowest BCUT2D eigenvalue weighted by molar-refractivity contribution is -0.138. The van der Waals surface area contributed by atoms with E-state index < -0.39 is 23.9 Å². The van der Waals surface area contributed by atoms with Crippen LogP contribution >= 0.6 is 11.3 Å². The van der Waals surface area contributed by atoms with Gasteiger partial charge in [-0.15, -0.1) is 11.3 Å². The number of thiophene rings is 1. The zero-order valence-electron chi connectivity index (χ0n) is 17.9. The SMILES string of the molecule is Cc1cc(/C(=C/C[C@H](N)C(=O)O)C2CCCC2)cc(-c2cc(C(N)=O)c(NC(N)=O)s2)c1. The standard InChI is InChI=1S/C23H28N4O4S/c1-12-8-14(16(13-4-2-3-5-13)6-7-18(24)22(29)30)10-15(9-12)19-11-17(20(25)28)21(32-19)27-23(26)31/h6,8-11,13,18H,2-5,7,24H2,1H3,(H2,25,28)(H,29,30)(H3,26,27,31)/b16-6+/t18-/m0/s1. The van der Waals surface area contributed by atoms with Crippen molar-refractivity contribution in [2.24, 2.45) is 23.1 Å². The van der Waals surface area contributed by atoms with Crippen molar-refractivity contribution in [1.82, 2.24) is 0 Å². The van der Waals surface area contributed by atoms with Crippen LogP contribution in [-0.4, -0.2) is 29.1 Å². The monoisotopic (exact) mass is 456 g/mol. The van der Waals surface area contributed by atoms with E-state index in [4.69, 9.17) is 17.2 Å². The Bertz CT molecular complexity index is 1070. The van der Waals surface area contributed by atoms with Gasteiger partial charge in [-0.3, -0.25) is 14.9 Å². The topological polar surface area (TPSA) is 162 Å². The number of allylic oxidation sites excluding steroid dienone is 1. The van der Waals surface area contributed by atoms with Crippen LogP contribution in [0.5, 0.6) is 0 Å². The van der Waals surface area contributed by atoms with E-state index in [1.54, 1.807) is 6.07 Å². The highest BCUT2D eigenvalue weighted by Gasteiger charge is 2.23. The first-order valence-electron chi connectivity index (χ1n) is 10.5. The van der Waals surface area contributed by atoms with Gasteiger partial charge in [0.2, 0.25) is 0 Å². The van der Waals surface area contributed by atoms with Gasteiger partial charge in [0.15, 0.2) is 0 Å². The zero-order chi connectivity index (χ0) is 23.4. The van der Waals surface area contributed by atoms with Gasteiger partial charge in [-0.05, 0) is 66.5 Å². The highest BCUT2D eigenvalue weighted by Crippen LogP contribution is 2.40. The van der Waals surface area contributed by atoms with Gasteiger partial charge in [-0.25, -0.2) is 4.79 Å². The highest BCUT2D eigenvalue weighted by atomic mass is 32.1. The summed E-state index contributed by atoms with van der Waals surface area (Å²) in [5.41, 5.74) is 20.6. The van der Waals surface area contributed by atoms with Crippen LogP contribution in [0.25, 0.3) is 16.0 Å². The molecule has 1 aromatic heterocycles. The molecule has 8 nitrogen and oxygen atoms in total. The van der Waals surface area contributed by atoms with Crippen molar-refractivity contribution in [2.75, 3.05) is 5.32 Å². The Morgan fingerprint density at radius 1 is 1.19 bits per heavy atom. The molecule has 170 valence electrons. The average molecular weight is 457 g/mol. The van der Waals surface area contributed by atoms with Gasteiger partial charge in [-0.1, -0.05) is 31.1 Å². The molecule has 1 saturated carbocycles. The number of aryl methyl sites for hydroxylation is 1. The summed E-state index contributed by atoms with van der Waals surface area (Å²) in [5, 5.41) is 11.9. The molecule has 0 bridgehead atoms. The summed E-state index contributed by atoms with van der Waals surface area (Å²) in [4.78, 5) is 35.1. The van der Waals surface area contributed by atoms with E-state index in [-0.39, 0.29) is 12.0 Å². The van der Waals surface area contributed by atoms with Crippen molar-refractivity contribution in [1.29, 1.82) is 0 Å². The van der Waals surface area contributed by atoms with E-state index >= 15 is 0 Å². The molecule has 1 atom stereocenters. The molecule has 0 radical (unpaired) electrons. The number of hydrogen-bond donors (Lipinski definition) is 5. The van der Waals surface area contributed by atoms with Gasteiger partial charge in [0, 0.05) is 4.88 Å². The molecule has 1 aliphatic carbocycles. The lowest BCUT2D eigenvalue weighted by Crippen LogP contribution is -2.29. The summed E-state index contributed by atoms with van der Waals surface area (Å²) in [6.45, 7) is 1.98. The largest absolute Gasteiger partial charge is 0.480 e. The third-order valence-electron chi connectivity index (χ3n) is 5.63. The maximum Gasteiger partial charge on any atom is 0.320 e. The molecular weight excluding hydrogens is 428 g/mol. The number of hydrogen-bond acceptors (Lipinski definition) is 5. The molecular formula is C23H28N4O4S. The van der Waals surface area contributed by atoms with Crippen LogP contribution in [0.1, 0.15) is 53.6 Å². The fraction of sp³-hybridized carbons (Fsp3) is 0.348. The summed E-state index contributed by atoms with van der Waals surface area (Å²) in [7, 11) is 0. The number of carbonyl (C=O) groups excluding carboxylic acids is 2. The number of benzene rings is 1. The third kappa shape index (κ3) is 5.54. The summed E-state index contributed by atoms with van der Waals surface area (Å²) in [6.07, 6.45) is 6.59. The number of carboxylic acid groups (broad SMARTS) is 1. The minimum Gasteiger partial charge on any atom is -0.480 e. The first kappa shape index (κ1) is 23.5. The lowest BCUT2D eigenvalue weighted by atomic mass is 9.88. The van der Waals surface area contributed by atoms with Crippen LogP contribution in [-0.2, 0) is 4.79 Å². The molecule has 0 saturated heterocycles. The normalized spacial score (nSPS) is 15.5. The van der Waals surface area contributed by atoms with Gasteiger partial charge in [0.05, 0.1) is 5.56 Å². The predicted octanol–water partition coefficient (Wildman–Crippen LogP) is 3.69. The van der Waals surface area contributed by atoms with E-state index in [9.17, 15) is 19.5 Å². The van der Waals surface area contributed by atoms with Crippen molar-refractivity contribution in [3.63, 3.8) is 0 Å². The number of nitrogens with one attached hydrogen (secondary N) is 1. The van der Waals surface area contributed by atoms with Crippen molar-refractivity contribution >= 4 is 39.8 Å². The van der Waals surface area contributed by atoms with Gasteiger partial charge in [0.25, 0.3) is 5.91 Å². The molecule has 1 aromatic carbocycles. The van der Waals surface area contributed by atoms with Gasteiger partial charge < -0.3 is 22.3 Å². The Morgan fingerprint density at radius 3 is 2.47 bits per heavy atom. The van der Waals surface area contributed by atoms with E-state index in [0.717, 1.165) is 52.8 Å². The number of amides is 3. The predicted molar refractivity (Wildman–Crippen MR) is 126 cm³/mol. The van der Waals surface area contributed by atoms with Crippen molar-refractivity contribution in [3.8, 4) is 10.4 Å². The van der Waals surface area contributed by atoms with Crippen LogP contribution in [0.15, 0.2) is 30.3 Å². The highest BCUT2D eigenvalue weighted by molar-refractivity contribution is 7.20. The second kappa shape index (κ2) is 9.97. The number of urea groups is 1. The fourth-order valence-electron chi connectivity index (χ4n) is 4.12. The van der Waals surface area contributed by atoms with Crippen molar-refractivity contribution < 1.29 is 19.5 Å². The molecule has 1 heterocycles. The number of anilines is 1. The molecule has 0 spiro atoms. The van der Waals surface area contributed by atoms with Gasteiger partial charge in [0.1, 0.15) is 11.0 Å². The Kier molecular flexibility index (Phi) is 7.32. The minimum absolute atomic E-state index is 0.200. The van der Waals surface area contributed by atoms with E-state index in [1.165, 1.54) is 11.3 Å². The number of nitrogens with two attached hydrogens (primary N) is 3. The second-order valence-corrected chi connectivity index (χ2v) is 9.17. The average Bonchev–Trinajstić information content (AvgIpc) is 3.37. The van der Waals surface area contributed by atoms with E-state index in [0.29, 0.717) is 10.9 Å². The molecule has 3 rings (SSSR count). The fourth-order valence-corrected chi connectivity index (χ4v) is 5.18. The van der Waals surface area contributed by atoms with Crippen LogP contribution in [0.2, 0.25) is 0 Å². The molecule has 8 N–H and O–H groups in total. The number of primary amides is 2. The van der Waals surface area contributed by atoms with Crippen molar-refractivity contribution in [2.45, 2.75) is 45.1 Å². The molecule has 1 aliphatic rings. The Morgan fingerprint density at radius 2 is 1.88 bits per heavy atom. The number of carbonyl (C=O) groups is 3. The number of rotatable bonds is 8. The first-order valence-corrected chi connectivity index (χ1v) is 11.3. The molecule has 0 unspecified atom stereocenters. The van der Waals surface area contributed by atoms with Gasteiger partial charge >= 0.3 is 12.0 Å². The van der Waals surface area contributed by atoms with Gasteiger partial charge in [-0.2, -0.15) is 0 Å². The quantitative estimate of drug-likeness (QED) is 0.408. The van der Waals surface area contributed by atoms with Crippen LogP contribution in [0.3, 0.4) is 0 Å². The number of carboxylic acids is 1. The molecule has 2 aromatic rings. The second-order valence-electron chi connectivity index (χ2n) is 8.12. The molecule has 3 amide bonds.